The molecule has 2 aromatic carbocycles. The van der Waals surface area contributed by atoms with Crippen molar-refractivity contribution in [2.45, 2.75) is 62.3 Å². The number of hydrogen-bond acceptors (Lipinski definition) is 3. The first kappa shape index (κ1) is 19.8. The number of rotatable bonds is 5. The maximum absolute atomic E-state index is 13.1. The normalized spacial score (nSPS) is 30.4. The highest BCUT2D eigenvalue weighted by atomic mass is 32.2. The van der Waals surface area contributed by atoms with E-state index in [-0.39, 0.29) is 5.54 Å². The molecule has 5 heteroatoms. The van der Waals surface area contributed by atoms with Crippen molar-refractivity contribution in [2.24, 2.45) is 22.7 Å². The fraction of sp³-hybridized carbons (Fsp3) is 0.480. The van der Waals surface area contributed by atoms with Gasteiger partial charge in [0.1, 0.15) is 5.84 Å². The summed E-state index contributed by atoms with van der Waals surface area (Å²) in [6.07, 6.45) is 7.89. The van der Waals surface area contributed by atoms with Crippen molar-refractivity contribution >= 4 is 15.9 Å². The van der Waals surface area contributed by atoms with Gasteiger partial charge >= 0.3 is 0 Å². The minimum Gasteiger partial charge on any atom is -0.267 e. The molecule has 30 heavy (non-hydrogen) atoms. The summed E-state index contributed by atoms with van der Waals surface area (Å²) in [7, 11) is -3.66. The number of aliphatic imine (C=N–C) groups is 1. The second kappa shape index (κ2) is 7.52. The zero-order valence-electron chi connectivity index (χ0n) is 17.5. The molecule has 6 rings (SSSR count). The molecule has 0 heterocycles. The molecule has 0 atom stereocenters. The van der Waals surface area contributed by atoms with Crippen molar-refractivity contribution in [1.29, 1.82) is 0 Å². The summed E-state index contributed by atoms with van der Waals surface area (Å²) in [5.74, 6) is 2.90. The van der Waals surface area contributed by atoms with Crippen molar-refractivity contribution in [3.63, 3.8) is 0 Å². The van der Waals surface area contributed by atoms with E-state index in [1.54, 1.807) is 12.1 Å². The smallest absolute Gasteiger partial charge is 0.262 e. The van der Waals surface area contributed by atoms with Gasteiger partial charge in [-0.05, 0) is 80.9 Å². The van der Waals surface area contributed by atoms with E-state index < -0.39 is 10.0 Å². The van der Waals surface area contributed by atoms with Crippen LogP contribution >= 0.6 is 0 Å². The fourth-order valence-corrected chi connectivity index (χ4v) is 7.35. The number of nitrogens with one attached hydrogen (secondary N) is 1. The number of benzene rings is 2. The summed E-state index contributed by atoms with van der Waals surface area (Å²) in [6, 6.07) is 17.0. The van der Waals surface area contributed by atoms with Crippen LogP contribution in [0.15, 0.2) is 64.5 Å². The highest BCUT2D eigenvalue weighted by Gasteiger charge is 2.51. The molecule has 4 aliphatic rings. The number of nitrogens with zero attached hydrogens (tertiary/aromatic N) is 1. The minimum atomic E-state index is -3.66. The molecule has 0 spiro atoms. The minimum absolute atomic E-state index is 0.0747. The van der Waals surface area contributed by atoms with Crippen LogP contribution in [0.2, 0.25) is 0 Å². The Hall–Kier alpha value is -2.14. The summed E-state index contributed by atoms with van der Waals surface area (Å²) in [4.78, 5) is 5.51. The lowest BCUT2D eigenvalue weighted by Gasteiger charge is -2.55. The van der Waals surface area contributed by atoms with Crippen LogP contribution in [-0.4, -0.2) is 19.8 Å². The van der Waals surface area contributed by atoms with Gasteiger partial charge in [0.25, 0.3) is 10.0 Å². The number of aryl methyl sites for hydroxylation is 1. The molecule has 4 aliphatic carbocycles. The first-order chi connectivity index (χ1) is 14.4. The molecule has 0 unspecified atom stereocenters. The predicted octanol–water partition coefficient (Wildman–Crippen LogP) is 4.88. The van der Waals surface area contributed by atoms with E-state index in [4.69, 9.17) is 4.99 Å². The van der Waals surface area contributed by atoms with Gasteiger partial charge in [-0.1, -0.05) is 48.0 Å². The Balaban J connectivity index is 1.48. The molecule has 0 radical (unpaired) electrons. The van der Waals surface area contributed by atoms with Gasteiger partial charge in [0, 0.05) is 6.42 Å². The van der Waals surface area contributed by atoms with Crippen LogP contribution < -0.4 is 4.72 Å². The van der Waals surface area contributed by atoms with E-state index in [1.807, 2.05) is 49.4 Å². The number of hydrogen-bond donors (Lipinski definition) is 1. The van der Waals surface area contributed by atoms with Gasteiger partial charge in [-0.25, -0.2) is 8.42 Å². The zero-order valence-corrected chi connectivity index (χ0v) is 18.4. The van der Waals surface area contributed by atoms with Crippen LogP contribution in [0.1, 0.15) is 49.7 Å². The summed E-state index contributed by atoms with van der Waals surface area (Å²) in [5.41, 5.74) is 2.04. The summed E-state index contributed by atoms with van der Waals surface area (Å²) >= 11 is 0. The fourth-order valence-electron chi connectivity index (χ4n) is 6.31. The van der Waals surface area contributed by atoms with Crippen LogP contribution in [0.4, 0.5) is 0 Å². The van der Waals surface area contributed by atoms with E-state index in [1.165, 1.54) is 19.3 Å². The molecule has 0 saturated heterocycles. The van der Waals surface area contributed by atoms with Crippen LogP contribution in [0, 0.1) is 24.7 Å². The third kappa shape index (κ3) is 4.04. The number of sulfonamides is 1. The molecule has 158 valence electrons. The second-order valence-corrected chi connectivity index (χ2v) is 11.5. The van der Waals surface area contributed by atoms with Crippen LogP contribution in [-0.2, 0) is 16.4 Å². The van der Waals surface area contributed by atoms with Crippen molar-refractivity contribution in [3.05, 3.63) is 65.7 Å². The van der Waals surface area contributed by atoms with E-state index in [0.717, 1.165) is 48.1 Å². The monoisotopic (exact) mass is 422 g/mol. The van der Waals surface area contributed by atoms with Crippen molar-refractivity contribution in [2.75, 3.05) is 0 Å². The van der Waals surface area contributed by atoms with Gasteiger partial charge < -0.3 is 0 Å². The molecule has 0 amide bonds. The van der Waals surface area contributed by atoms with Gasteiger partial charge in [0.2, 0.25) is 0 Å². The Kier molecular flexibility index (Phi) is 4.97. The highest BCUT2D eigenvalue weighted by Crippen LogP contribution is 2.57. The van der Waals surface area contributed by atoms with Gasteiger partial charge in [0.05, 0.1) is 10.4 Å². The predicted molar refractivity (Wildman–Crippen MR) is 120 cm³/mol. The topological polar surface area (TPSA) is 58.5 Å². The Labute approximate surface area is 179 Å². The standard InChI is InChI=1S/C25H30N2O2S/c1-18-7-9-23(10-8-18)30(28,29)27-24(14-19-5-3-2-4-6-19)26-25-15-20-11-21(16-25)13-22(12-20)17-25/h2-10,20-22H,11-17H2,1H3,(H,26,27). The van der Waals surface area contributed by atoms with Crippen molar-refractivity contribution in [1.82, 2.24) is 4.72 Å². The second-order valence-electron chi connectivity index (χ2n) is 9.78. The average Bonchev–Trinajstić information content (AvgIpc) is 2.67. The van der Waals surface area contributed by atoms with Crippen LogP contribution in [0.25, 0.3) is 0 Å². The molecule has 4 nitrogen and oxygen atoms in total. The lowest BCUT2D eigenvalue weighted by atomic mass is 9.53. The molecule has 0 aliphatic heterocycles. The van der Waals surface area contributed by atoms with Gasteiger partial charge in [-0.15, -0.1) is 0 Å². The molecule has 0 aromatic heterocycles. The molecular weight excluding hydrogens is 392 g/mol. The summed E-state index contributed by atoms with van der Waals surface area (Å²) in [5, 5.41) is 0. The Morgan fingerprint density at radius 2 is 1.50 bits per heavy atom. The Morgan fingerprint density at radius 1 is 0.933 bits per heavy atom. The van der Waals surface area contributed by atoms with Crippen molar-refractivity contribution in [3.8, 4) is 0 Å². The Morgan fingerprint density at radius 3 is 2.07 bits per heavy atom. The van der Waals surface area contributed by atoms with Gasteiger partial charge in [-0.3, -0.25) is 9.71 Å². The third-order valence-electron chi connectivity index (χ3n) is 7.18. The average molecular weight is 423 g/mol. The highest BCUT2D eigenvalue weighted by molar-refractivity contribution is 7.90. The molecular formula is C25H30N2O2S. The van der Waals surface area contributed by atoms with Crippen LogP contribution in [0.5, 0.6) is 0 Å². The lowest BCUT2D eigenvalue weighted by molar-refractivity contribution is 0.00152. The Bertz CT molecular complexity index is 1010. The SMILES string of the molecule is Cc1ccc(S(=O)(=O)NC(Cc2ccccc2)=NC23CC4CC(CC(C4)C2)C3)cc1. The maximum Gasteiger partial charge on any atom is 0.262 e. The molecule has 4 bridgehead atoms. The van der Waals surface area contributed by atoms with Crippen LogP contribution in [0.3, 0.4) is 0 Å². The van der Waals surface area contributed by atoms with E-state index in [2.05, 4.69) is 4.72 Å². The lowest BCUT2D eigenvalue weighted by Crippen LogP contribution is -2.50. The van der Waals surface area contributed by atoms with Crippen molar-refractivity contribution < 1.29 is 8.42 Å². The van der Waals surface area contributed by atoms with E-state index in [0.29, 0.717) is 17.2 Å². The molecule has 4 saturated carbocycles. The quantitative estimate of drug-likeness (QED) is 0.551. The molecule has 2 aromatic rings. The molecule has 4 fully saturated rings. The van der Waals surface area contributed by atoms with E-state index in [9.17, 15) is 8.42 Å². The first-order valence-electron chi connectivity index (χ1n) is 11.1. The van der Waals surface area contributed by atoms with Gasteiger partial charge in [-0.2, -0.15) is 0 Å². The third-order valence-corrected chi connectivity index (χ3v) is 8.57. The summed E-state index contributed by atoms with van der Waals surface area (Å²) < 4.78 is 29.2. The summed E-state index contributed by atoms with van der Waals surface area (Å²) in [6.45, 7) is 1.96. The first-order valence-corrected chi connectivity index (χ1v) is 12.6. The largest absolute Gasteiger partial charge is 0.267 e. The van der Waals surface area contributed by atoms with E-state index >= 15 is 0 Å². The van der Waals surface area contributed by atoms with Gasteiger partial charge in [0.15, 0.2) is 0 Å². The zero-order chi connectivity index (χ0) is 20.8. The number of amidine groups is 1. The maximum atomic E-state index is 13.1. The molecule has 1 N–H and O–H groups in total.